The van der Waals surface area contributed by atoms with E-state index >= 15 is 0 Å². The van der Waals surface area contributed by atoms with Crippen LogP contribution >= 0.6 is 31.9 Å². The van der Waals surface area contributed by atoms with Gasteiger partial charge in [0, 0.05) is 39.9 Å². The lowest BCUT2D eigenvalue weighted by atomic mass is 10.0. The van der Waals surface area contributed by atoms with Gasteiger partial charge in [-0.15, -0.1) is 0 Å². The van der Waals surface area contributed by atoms with E-state index in [2.05, 4.69) is 123 Å². The molecule has 0 spiro atoms. The fourth-order valence-electron chi connectivity index (χ4n) is 4.10. The molecule has 0 saturated heterocycles. The summed E-state index contributed by atoms with van der Waals surface area (Å²) in [7, 11) is 0. The van der Waals surface area contributed by atoms with Crippen molar-refractivity contribution in [1.82, 2.24) is 0 Å². The van der Waals surface area contributed by atoms with Crippen LogP contribution in [0, 0.1) is 6.92 Å². The van der Waals surface area contributed by atoms with Gasteiger partial charge in [-0.1, -0.05) is 44.0 Å². The van der Waals surface area contributed by atoms with Crippen molar-refractivity contribution in [2.45, 2.75) is 26.6 Å². The van der Waals surface area contributed by atoms with Gasteiger partial charge in [-0.3, -0.25) is 0 Å². The van der Waals surface area contributed by atoms with Crippen molar-refractivity contribution in [2.75, 3.05) is 4.90 Å². The van der Waals surface area contributed by atoms with Crippen molar-refractivity contribution in [2.24, 2.45) is 0 Å². The molecular weight excluding hydrogens is 542 g/mol. The highest BCUT2D eigenvalue weighted by Crippen LogP contribution is 2.43. The van der Waals surface area contributed by atoms with Crippen LogP contribution < -0.4 is 14.4 Å². The van der Waals surface area contributed by atoms with E-state index in [1.165, 1.54) is 5.56 Å². The molecule has 5 rings (SSSR count). The second kappa shape index (κ2) is 8.54. The lowest BCUT2D eigenvalue weighted by Crippen LogP contribution is -2.29. The first kappa shape index (κ1) is 22.1. The van der Waals surface area contributed by atoms with Crippen LogP contribution in [0.3, 0.4) is 0 Å². The Kier molecular flexibility index (Phi) is 5.71. The van der Waals surface area contributed by atoms with E-state index in [1.54, 1.807) is 0 Å². The monoisotopic (exact) mass is 563 g/mol. The Labute approximate surface area is 211 Å². The summed E-state index contributed by atoms with van der Waals surface area (Å²) in [4.78, 5) is 2.28. The molecule has 0 amide bonds. The Morgan fingerprint density at radius 2 is 1.15 bits per heavy atom. The van der Waals surface area contributed by atoms with Crippen molar-refractivity contribution in [3.8, 4) is 22.6 Å². The maximum atomic E-state index is 5.95. The Morgan fingerprint density at radius 1 is 0.636 bits per heavy atom. The quantitative estimate of drug-likeness (QED) is 0.246. The van der Waals surface area contributed by atoms with Crippen LogP contribution in [0.15, 0.2) is 93.9 Å². The molecule has 1 aliphatic heterocycles. The summed E-state index contributed by atoms with van der Waals surface area (Å²) in [6.07, 6.45) is 0. The zero-order valence-electron chi connectivity index (χ0n) is 18.6. The summed E-state index contributed by atoms with van der Waals surface area (Å²) < 4.78 is 13.9. The predicted molar refractivity (Wildman–Crippen MR) is 142 cm³/mol. The van der Waals surface area contributed by atoms with E-state index in [9.17, 15) is 0 Å². The Hall–Kier alpha value is -2.76. The molecule has 4 aromatic carbocycles. The number of anilines is 3. The van der Waals surface area contributed by atoms with Crippen LogP contribution in [0.2, 0.25) is 0 Å². The van der Waals surface area contributed by atoms with Crippen molar-refractivity contribution in [1.29, 1.82) is 0 Å². The second-order valence-corrected chi connectivity index (χ2v) is 10.4. The molecule has 0 radical (unpaired) electrons. The molecule has 0 aliphatic carbocycles. The highest BCUT2D eigenvalue weighted by molar-refractivity contribution is 9.10. The van der Waals surface area contributed by atoms with Crippen LogP contribution in [0.25, 0.3) is 11.1 Å². The van der Waals surface area contributed by atoms with Gasteiger partial charge in [0.05, 0.1) is 0 Å². The Balaban J connectivity index is 1.55. The van der Waals surface area contributed by atoms with Crippen molar-refractivity contribution in [3.05, 3.63) is 99.4 Å². The average Bonchev–Trinajstić information content (AvgIpc) is 3.10. The standard InChI is InChI=1S/C28H23Br2NO2/c1-18-16-19(20-5-15-26-27(17-20)33-28(2,3)32-26)4-14-25(18)31(23-10-6-21(29)7-11-23)24-12-8-22(30)9-13-24/h4-17H,1-3H3. The van der Waals surface area contributed by atoms with E-state index in [0.29, 0.717) is 0 Å². The first-order chi connectivity index (χ1) is 15.8. The number of aryl methyl sites for hydroxylation is 1. The normalized spacial score (nSPS) is 13.7. The third kappa shape index (κ3) is 4.53. The molecule has 4 aromatic rings. The summed E-state index contributed by atoms with van der Waals surface area (Å²) in [5.41, 5.74) is 6.74. The summed E-state index contributed by atoms with van der Waals surface area (Å²) in [6.45, 7) is 5.99. The summed E-state index contributed by atoms with van der Waals surface area (Å²) in [5.74, 6) is 0.940. The first-order valence-electron chi connectivity index (χ1n) is 10.7. The van der Waals surface area contributed by atoms with Crippen LogP contribution in [-0.2, 0) is 0 Å². The number of hydrogen-bond acceptors (Lipinski definition) is 3. The van der Waals surface area contributed by atoms with Crippen LogP contribution in [-0.4, -0.2) is 5.79 Å². The molecule has 1 heterocycles. The number of nitrogens with zero attached hydrogens (tertiary/aromatic N) is 1. The van der Waals surface area contributed by atoms with E-state index in [1.807, 2.05) is 19.9 Å². The Bertz CT molecular complexity index is 1270. The molecule has 5 heteroatoms. The molecule has 0 N–H and O–H groups in total. The number of hydrogen-bond donors (Lipinski definition) is 0. The van der Waals surface area contributed by atoms with E-state index in [-0.39, 0.29) is 0 Å². The highest BCUT2D eigenvalue weighted by atomic mass is 79.9. The van der Waals surface area contributed by atoms with Crippen molar-refractivity contribution in [3.63, 3.8) is 0 Å². The van der Waals surface area contributed by atoms with Crippen molar-refractivity contribution >= 4 is 48.9 Å². The largest absolute Gasteiger partial charge is 0.449 e. The molecule has 0 bridgehead atoms. The Morgan fingerprint density at radius 3 is 1.73 bits per heavy atom. The minimum Gasteiger partial charge on any atom is -0.449 e. The molecule has 3 nitrogen and oxygen atoms in total. The third-order valence-electron chi connectivity index (χ3n) is 5.60. The van der Waals surface area contributed by atoms with Crippen LogP contribution in [0.4, 0.5) is 17.1 Å². The average molecular weight is 565 g/mol. The van der Waals surface area contributed by atoms with Gasteiger partial charge in [-0.05, 0) is 96.4 Å². The fourth-order valence-corrected chi connectivity index (χ4v) is 4.62. The van der Waals surface area contributed by atoms with E-state index < -0.39 is 5.79 Å². The topological polar surface area (TPSA) is 21.7 Å². The van der Waals surface area contributed by atoms with Gasteiger partial charge < -0.3 is 14.4 Å². The molecule has 33 heavy (non-hydrogen) atoms. The van der Waals surface area contributed by atoms with Crippen LogP contribution in [0.5, 0.6) is 11.5 Å². The number of ether oxygens (including phenoxy) is 2. The summed E-state index contributed by atoms with van der Waals surface area (Å²) in [6, 6.07) is 29.5. The van der Waals surface area contributed by atoms with E-state index in [4.69, 9.17) is 9.47 Å². The maximum absolute atomic E-state index is 5.95. The first-order valence-corrected chi connectivity index (χ1v) is 12.3. The van der Waals surface area contributed by atoms with Gasteiger partial charge in [-0.25, -0.2) is 0 Å². The molecular formula is C28H23Br2NO2. The minimum absolute atomic E-state index is 0.628. The van der Waals surface area contributed by atoms with Gasteiger partial charge in [0.1, 0.15) is 0 Å². The molecule has 166 valence electrons. The van der Waals surface area contributed by atoms with Crippen molar-refractivity contribution < 1.29 is 9.47 Å². The molecule has 0 fully saturated rings. The fraction of sp³-hybridized carbons (Fsp3) is 0.143. The summed E-state index contributed by atoms with van der Waals surface area (Å²) >= 11 is 7.10. The van der Waals surface area contributed by atoms with Gasteiger partial charge in [0.15, 0.2) is 11.5 Å². The highest BCUT2D eigenvalue weighted by Gasteiger charge is 2.31. The minimum atomic E-state index is -0.628. The van der Waals surface area contributed by atoms with Gasteiger partial charge >= 0.3 is 0 Å². The lowest BCUT2D eigenvalue weighted by molar-refractivity contribution is -0.0431. The number of benzene rings is 4. The molecule has 0 aromatic heterocycles. The smallest absolute Gasteiger partial charge is 0.246 e. The second-order valence-electron chi connectivity index (χ2n) is 8.55. The van der Waals surface area contributed by atoms with Crippen LogP contribution in [0.1, 0.15) is 19.4 Å². The maximum Gasteiger partial charge on any atom is 0.246 e. The zero-order valence-corrected chi connectivity index (χ0v) is 21.8. The lowest BCUT2D eigenvalue weighted by Gasteiger charge is -2.27. The van der Waals surface area contributed by atoms with Gasteiger partial charge in [0.25, 0.3) is 0 Å². The predicted octanol–water partition coefficient (Wildman–Crippen LogP) is 9.16. The number of rotatable bonds is 4. The third-order valence-corrected chi connectivity index (χ3v) is 6.65. The van der Waals surface area contributed by atoms with E-state index in [0.717, 1.165) is 48.6 Å². The molecule has 1 aliphatic rings. The van der Waals surface area contributed by atoms with Gasteiger partial charge in [-0.2, -0.15) is 0 Å². The molecule has 0 saturated carbocycles. The number of fused-ring (bicyclic) bond motifs is 1. The molecule has 0 atom stereocenters. The van der Waals surface area contributed by atoms with Gasteiger partial charge in [0.2, 0.25) is 5.79 Å². The molecule has 0 unspecified atom stereocenters. The SMILES string of the molecule is Cc1cc(-c2ccc3c(c2)OC(C)(C)O3)ccc1N(c1ccc(Br)cc1)c1ccc(Br)cc1. The summed E-state index contributed by atoms with van der Waals surface area (Å²) in [5, 5.41) is 0. The number of halogens is 2. The zero-order chi connectivity index (χ0) is 23.2.